The monoisotopic (exact) mass is 433 g/mol. The summed E-state index contributed by atoms with van der Waals surface area (Å²) in [6, 6.07) is 16.8. The first-order valence-corrected chi connectivity index (χ1v) is 9.67. The van der Waals surface area contributed by atoms with E-state index in [0.717, 1.165) is 5.56 Å². The van der Waals surface area contributed by atoms with Gasteiger partial charge < -0.3 is 19.9 Å². The van der Waals surface area contributed by atoms with E-state index in [1.165, 1.54) is 20.4 Å². The van der Waals surface area contributed by atoms with Crippen molar-refractivity contribution in [1.82, 2.24) is 5.43 Å². The summed E-state index contributed by atoms with van der Waals surface area (Å²) in [5.41, 5.74) is 5.48. The molecule has 8 heteroatoms. The summed E-state index contributed by atoms with van der Waals surface area (Å²) in [5.74, 6) is -0.322. The van der Waals surface area contributed by atoms with Crippen LogP contribution >= 0.6 is 0 Å². The van der Waals surface area contributed by atoms with Gasteiger partial charge in [0, 0.05) is 22.4 Å². The number of aromatic hydroxyl groups is 1. The summed E-state index contributed by atoms with van der Waals surface area (Å²) < 4.78 is 10.2. The van der Waals surface area contributed by atoms with Gasteiger partial charge in [-0.2, -0.15) is 5.10 Å². The van der Waals surface area contributed by atoms with Gasteiger partial charge in [-0.1, -0.05) is 17.7 Å². The number of phenols is 1. The Hall–Kier alpha value is -4.33. The minimum atomic E-state index is -0.421. The van der Waals surface area contributed by atoms with Crippen molar-refractivity contribution >= 4 is 23.7 Å². The predicted molar refractivity (Wildman–Crippen MR) is 122 cm³/mol. The van der Waals surface area contributed by atoms with Crippen LogP contribution in [0.2, 0.25) is 0 Å². The number of rotatable bonds is 7. The molecule has 0 radical (unpaired) electrons. The number of benzene rings is 3. The van der Waals surface area contributed by atoms with Crippen LogP contribution in [0.25, 0.3) is 0 Å². The van der Waals surface area contributed by atoms with Gasteiger partial charge in [-0.15, -0.1) is 0 Å². The molecule has 0 saturated carbocycles. The van der Waals surface area contributed by atoms with Gasteiger partial charge in [-0.3, -0.25) is 9.59 Å². The molecular formula is C24H23N3O5. The van der Waals surface area contributed by atoms with Crippen LogP contribution in [-0.4, -0.2) is 37.4 Å². The maximum Gasteiger partial charge on any atom is 0.271 e. The molecule has 2 amide bonds. The predicted octanol–water partition coefficient (Wildman–Crippen LogP) is 3.73. The molecule has 3 aromatic rings. The summed E-state index contributed by atoms with van der Waals surface area (Å²) in [7, 11) is 2.84. The van der Waals surface area contributed by atoms with Gasteiger partial charge in [0.1, 0.15) is 0 Å². The molecule has 0 saturated heterocycles. The zero-order valence-corrected chi connectivity index (χ0v) is 17.9. The molecule has 0 aromatic heterocycles. The lowest BCUT2D eigenvalue weighted by Gasteiger charge is -2.09. The van der Waals surface area contributed by atoms with E-state index in [1.807, 2.05) is 19.1 Å². The van der Waals surface area contributed by atoms with Crippen molar-refractivity contribution < 1.29 is 24.2 Å². The number of ether oxygens (including phenoxy) is 2. The Morgan fingerprint density at radius 1 is 0.906 bits per heavy atom. The molecule has 0 spiro atoms. The van der Waals surface area contributed by atoms with Crippen LogP contribution in [0.5, 0.6) is 17.2 Å². The number of nitrogens with zero attached hydrogens (tertiary/aromatic N) is 1. The van der Waals surface area contributed by atoms with Crippen LogP contribution in [0, 0.1) is 6.92 Å². The minimum Gasteiger partial charge on any atom is -0.502 e. The van der Waals surface area contributed by atoms with Crippen LogP contribution in [0.15, 0.2) is 65.8 Å². The van der Waals surface area contributed by atoms with Crippen molar-refractivity contribution in [2.75, 3.05) is 19.5 Å². The smallest absolute Gasteiger partial charge is 0.271 e. The van der Waals surface area contributed by atoms with Gasteiger partial charge in [-0.25, -0.2) is 5.43 Å². The van der Waals surface area contributed by atoms with Crippen LogP contribution < -0.4 is 20.2 Å². The molecule has 3 rings (SSSR count). The quantitative estimate of drug-likeness (QED) is 0.389. The van der Waals surface area contributed by atoms with Gasteiger partial charge in [0.05, 0.1) is 20.4 Å². The molecule has 0 atom stereocenters. The van der Waals surface area contributed by atoms with E-state index in [9.17, 15) is 14.7 Å². The highest BCUT2D eigenvalue weighted by molar-refractivity contribution is 6.04. The third kappa shape index (κ3) is 5.42. The highest BCUT2D eigenvalue weighted by Crippen LogP contribution is 2.36. The van der Waals surface area contributed by atoms with Crippen LogP contribution in [0.4, 0.5) is 5.69 Å². The number of hydrazone groups is 1. The van der Waals surface area contributed by atoms with Crippen molar-refractivity contribution in [3.05, 3.63) is 82.9 Å². The molecule has 8 nitrogen and oxygen atoms in total. The van der Waals surface area contributed by atoms with Crippen molar-refractivity contribution in [2.45, 2.75) is 6.92 Å². The second-order valence-electron chi connectivity index (χ2n) is 6.87. The Labute approximate surface area is 185 Å². The van der Waals surface area contributed by atoms with Crippen LogP contribution in [0.3, 0.4) is 0 Å². The lowest BCUT2D eigenvalue weighted by molar-refractivity contribution is 0.0954. The summed E-state index contributed by atoms with van der Waals surface area (Å²) >= 11 is 0. The number of nitrogens with one attached hydrogen (secondary N) is 2. The highest BCUT2D eigenvalue weighted by Gasteiger charge is 2.11. The first-order chi connectivity index (χ1) is 15.4. The number of anilines is 1. The fraction of sp³-hybridized carbons (Fsp3) is 0.125. The van der Waals surface area contributed by atoms with Crippen molar-refractivity contribution in [3.8, 4) is 17.2 Å². The average Bonchev–Trinajstić information content (AvgIpc) is 2.80. The van der Waals surface area contributed by atoms with E-state index in [2.05, 4.69) is 15.8 Å². The van der Waals surface area contributed by atoms with Crippen LogP contribution in [-0.2, 0) is 0 Å². The molecule has 0 unspecified atom stereocenters. The Bertz CT molecular complexity index is 1130. The number of methoxy groups -OCH3 is 2. The van der Waals surface area contributed by atoms with Crippen LogP contribution in [0.1, 0.15) is 31.8 Å². The SMILES string of the molecule is COc1cc(/C=N/NC(=O)c2ccc(NC(=O)c3cccc(C)c3)cc2)cc(OC)c1O. The largest absolute Gasteiger partial charge is 0.502 e. The topological polar surface area (TPSA) is 109 Å². The van der Waals surface area contributed by atoms with E-state index in [0.29, 0.717) is 22.4 Å². The van der Waals surface area contributed by atoms with E-state index in [4.69, 9.17) is 9.47 Å². The van der Waals surface area contributed by atoms with Gasteiger partial charge in [0.2, 0.25) is 5.75 Å². The average molecular weight is 433 g/mol. The second kappa shape index (κ2) is 10.1. The van der Waals surface area contributed by atoms with E-state index < -0.39 is 5.91 Å². The summed E-state index contributed by atoms with van der Waals surface area (Å²) in [4.78, 5) is 24.7. The molecule has 0 fully saturated rings. The maximum absolute atomic E-state index is 12.3. The minimum absolute atomic E-state index is 0.120. The molecular weight excluding hydrogens is 410 g/mol. The number of hydrogen-bond acceptors (Lipinski definition) is 6. The van der Waals surface area contributed by atoms with Gasteiger partial charge in [-0.05, 0) is 55.5 Å². The van der Waals surface area contributed by atoms with Gasteiger partial charge in [0.15, 0.2) is 11.5 Å². The maximum atomic E-state index is 12.3. The molecule has 164 valence electrons. The first kappa shape index (κ1) is 22.4. The lowest BCUT2D eigenvalue weighted by atomic mass is 10.1. The number of carbonyl (C=O) groups excluding carboxylic acids is 2. The van der Waals surface area contributed by atoms with E-state index in [1.54, 1.807) is 48.5 Å². The van der Waals surface area contributed by atoms with E-state index in [-0.39, 0.29) is 23.2 Å². The van der Waals surface area contributed by atoms with Crippen molar-refractivity contribution in [2.24, 2.45) is 5.10 Å². The Morgan fingerprint density at radius 3 is 2.16 bits per heavy atom. The molecule has 3 aromatic carbocycles. The number of carbonyl (C=O) groups is 2. The molecule has 0 aliphatic carbocycles. The molecule has 3 N–H and O–H groups in total. The molecule has 0 aliphatic heterocycles. The number of hydrogen-bond donors (Lipinski definition) is 3. The van der Waals surface area contributed by atoms with Crippen molar-refractivity contribution in [3.63, 3.8) is 0 Å². The zero-order valence-electron chi connectivity index (χ0n) is 17.9. The molecule has 0 aliphatic rings. The summed E-state index contributed by atoms with van der Waals surface area (Å²) in [5, 5.41) is 16.7. The fourth-order valence-corrected chi connectivity index (χ4v) is 2.91. The zero-order chi connectivity index (χ0) is 23.1. The standard InChI is InChI=1S/C24H23N3O5/c1-15-5-4-6-18(11-15)23(29)26-19-9-7-17(8-10-19)24(30)27-25-14-16-12-20(31-2)22(28)21(13-16)32-3/h4-14,28H,1-3H3,(H,26,29)(H,27,30)/b25-14+. The number of phenolic OH excluding ortho intramolecular Hbond substituents is 1. The third-order valence-electron chi connectivity index (χ3n) is 4.57. The number of aryl methyl sites for hydroxylation is 1. The normalized spacial score (nSPS) is 10.6. The first-order valence-electron chi connectivity index (χ1n) is 9.67. The van der Waals surface area contributed by atoms with Gasteiger partial charge in [0.25, 0.3) is 11.8 Å². The Morgan fingerprint density at radius 2 is 1.56 bits per heavy atom. The molecule has 0 heterocycles. The van der Waals surface area contributed by atoms with E-state index >= 15 is 0 Å². The number of amides is 2. The Kier molecular flexibility index (Phi) is 7.07. The molecule has 0 bridgehead atoms. The second-order valence-corrected chi connectivity index (χ2v) is 6.87. The molecule has 32 heavy (non-hydrogen) atoms. The highest BCUT2D eigenvalue weighted by atomic mass is 16.5. The summed E-state index contributed by atoms with van der Waals surface area (Å²) in [6.45, 7) is 1.92. The van der Waals surface area contributed by atoms with Gasteiger partial charge >= 0.3 is 0 Å². The Balaban J connectivity index is 1.62. The lowest BCUT2D eigenvalue weighted by Crippen LogP contribution is -2.18. The fourth-order valence-electron chi connectivity index (χ4n) is 2.91. The van der Waals surface area contributed by atoms with Crippen molar-refractivity contribution in [1.29, 1.82) is 0 Å². The third-order valence-corrected chi connectivity index (χ3v) is 4.57. The summed E-state index contributed by atoms with van der Waals surface area (Å²) in [6.07, 6.45) is 1.40.